The van der Waals surface area contributed by atoms with Gasteiger partial charge in [0.1, 0.15) is 5.75 Å². The number of nitrogens with one attached hydrogen (secondary N) is 1. The van der Waals surface area contributed by atoms with Crippen LogP contribution < -0.4 is 10.1 Å². The number of aryl methyl sites for hydroxylation is 1. The Balaban J connectivity index is 2.07. The molecule has 4 nitrogen and oxygen atoms in total. The van der Waals surface area contributed by atoms with E-state index in [1.807, 2.05) is 41.8 Å². The molecule has 2 unspecified atom stereocenters. The molecule has 0 saturated carbocycles. The molecule has 1 aliphatic heterocycles. The quantitative estimate of drug-likeness (QED) is 0.909. The third kappa shape index (κ3) is 3.20. The molecule has 1 heterocycles. The van der Waals surface area contributed by atoms with Crippen molar-refractivity contribution < 1.29 is 9.53 Å². The first-order valence-corrected chi connectivity index (χ1v) is 7.91. The predicted molar refractivity (Wildman–Crippen MR) is 84.8 cm³/mol. The Hall–Kier alpha value is -1.36. The summed E-state index contributed by atoms with van der Waals surface area (Å²) in [4.78, 5) is 14.3. The number of ether oxygens (including phenoxy) is 1. The van der Waals surface area contributed by atoms with Crippen LogP contribution in [0.2, 0.25) is 0 Å². The predicted octanol–water partition coefficient (Wildman–Crippen LogP) is 3.36. The van der Waals surface area contributed by atoms with Gasteiger partial charge in [-0.05, 0) is 37.6 Å². The third-order valence-electron chi connectivity index (χ3n) is 3.82. The van der Waals surface area contributed by atoms with E-state index in [0.29, 0.717) is 5.25 Å². The Morgan fingerprint density at radius 3 is 2.85 bits per heavy atom. The number of hydrogen-bond acceptors (Lipinski definition) is 3. The Morgan fingerprint density at radius 2 is 2.20 bits per heavy atom. The highest BCUT2D eigenvalue weighted by Gasteiger charge is 2.28. The monoisotopic (exact) mass is 294 g/mol. The number of rotatable bonds is 2. The molecule has 20 heavy (non-hydrogen) atoms. The molecule has 2 rings (SSSR count). The molecule has 0 aliphatic carbocycles. The normalized spacial score (nSPS) is 22.5. The van der Waals surface area contributed by atoms with Gasteiger partial charge in [0, 0.05) is 29.3 Å². The molecule has 0 radical (unpaired) electrons. The highest BCUT2D eigenvalue weighted by Crippen LogP contribution is 2.26. The van der Waals surface area contributed by atoms with Crippen molar-refractivity contribution in [2.45, 2.75) is 32.1 Å². The fourth-order valence-electron chi connectivity index (χ4n) is 2.31. The Labute approximate surface area is 124 Å². The van der Waals surface area contributed by atoms with Crippen molar-refractivity contribution in [3.63, 3.8) is 0 Å². The van der Waals surface area contributed by atoms with E-state index in [4.69, 9.17) is 4.74 Å². The lowest BCUT2D eigenvalue weighted by Gasteiger charge is -2.37. The van der Waals surface area contributed by atoms with Crippen molar-refractivity contribution in [1.82, 2.24) is 4.90 Å². The maximum absolute atomic E-state index is 12.4. The molecule has 1 aromatic carbocycles. The number of benzene rings is 1. The number of anilines is 1. The largest absolute Gasteiger partial charge is 0.497 e. The van der Waals surface area contributed by atoms with E-state index in [1.54, 1.807) is 7.11 Å². The highest BCUT2D eigenvalue weighted by molar-refractivity contribution is 8.00. The molecule has 2 amide bonds. The average molecular weight is 294 g/mol. The van der Waals surface area contributed by atoms with Crippen LogP contribution in [0.5, 0.6) is 5.75 Å². The van der Waals surface area contributed by atoms with Crippen molar-refractivity contribution in [3.05, 3.63) is 23.8 Å². The van der Waals surface area contributed by atoms with Crippen molar-refractivity contribution in [3.8, 4) is 5.75 Å². The van der Waals surface area contributed by atoms with Crippen LogP contribution in [0.4, 0.5) is 10.5 Å². The molecule has 0 aromatic heterocycles. The second-order valence-electron chi connectivity index (χ2n) is 5.12. The number of carbonyl (C=O) groups excluding carboxylic acids is 1. The summed E-state index contributed by atoms with van der Waals surface area (Å²) in [6.45, 7) is 7.05. The van der Waals surface area contributed by atoms with E-state index in [2.05, 4.69) is 19.2 Å². The van der Waals surface area contributed by atoms with E-state index in [1.165, 1.54) is 0 Å². The number of urea groups is 1. The van der Waals surface area contributed by atoms with Crippen molar-refractivity contribution in [2.75, 3.05) is 24.7 Å². The van der Waals surface area contributed by atoms with E-state index < -0.39 is 0 Å². The summed E-state index contributed by atoms with van der Waals surface area (Å²) in [5.41, 5.74) is 1.85. The summed E-state index contributed by atoms with van der Waals surface area (Å²) < 4.78 is 5.18. The fraction of sp³-hybridized carbons (Fsp3) is 0.533. The fourth-order valence-corrected chi connectivity index (χ4v) is 3.41. The maximum Gasteiger partial charge on any atom is 0.322 e. The van der Waals surface area contributed by atoms with E-state index >= 15 is 0 Å². The number of thioether (sulfide) groups is 1. The lowest BCUT2D eigenvalue weighted by molar-refractivity contribution is 0.194. The van der Waals surface area contributed by atoms with Crippen LogP contribution in [-0.2, 0) is 0 Å². The molecule has 5 heteroatoms. The summed E-state index contributed by atoms with van der Waals surface area (Å²) in [6.07, 6.45) is 0. The summed E-state index contributed by atoms with van der Waals surface area (Å²) >= 11 is 1.92. The van der Waals surface area contributed by atoms with Gasteiger partial charge in [-0.2, -0.15) is 11.8 Å². The third-order valence-corrected chi connectivity index (χ3v) is 5.16. The van der Waals surface area contributed by atoms with Gasteiger partial charge in [-0.3, -0.25) is 0 Å². The zero-order chi connectivity index (χ0) is 14.7. The van der Waals surface area contributed by atoms with Gasteiger partial charge in [-0.1, -0.05) is 6.92 Å². The number of carbonyl (C=O) groups is 1. The molecule has 1 saturated heterocycles. The summed E-state index contributed by atoms with van der Waals surface area (Å²) in [5.74, 6) is 1.80. The van der Waals surface area contributed by atoms with Gasteiger partial charge in [0.15, 0.2) is 0 Å². The lowest BCUT2D eigenvalue weighted by Crippen LogP contribution is -2.49. The van der Waals surface area contributed by atoms with Gasteiger partial charge in [0.2, 0.25) is 0 Å². The van der Waals surface area contributed by atoms with E-state index in [-0.39, 0.29) is 12.1 Å². The smallest absolute Gasteiger partial charge is 0.322 e. The van der Waals surface area contributed by atoms with Crippen LogP contribution in [0.25, 0.3) is 0 Å². The van der Waals surface area contributed by atoms with Gasteiger partial charge < -0.3 is 15.0 Å². The Bertz CT molecular complexity index is 493. The molecule has 0 spiro atoms. The second-order valence-corrected chi connectivity index (χ2v) is 6.61. The van der Waals surface area contributed by atoms with Gasteiger partial charge in [-0.25, -0.2) is 4.79 Å². The zero-order valence-corrected chi connectivity index (χ0v) is 13.3. The van der Waals surface area contributed by atoms with Gasteiger partial charge in [0.05, 0.1) is 7.11 Å². The first-order chi connectivity index (χ1) is 9.52. The number of methoxy groups -OCH3 is 1. The van der Waals surface area contributed by atoms with Gasteiger partial charge in [0.25, 0.3) is 0 Å². The van der Waals surface area contributed by atoms with Crippen LogP contribution in [0.15, 0.2) is 18.2 Å². The Morgan fingerprint density at radius 1 is 1.45 bits per heavy atom. The molecular weight excluding hydrogens is 272 g/mol. The van der Waals surface area contributed by atoms with Crippen LogP contribution in [0, 0.1) is 6.92 Å². The highest BCUT2D eigenvalue weighted by atomic mass is 32.2. The minimum Gasteiger partial charge on any atom is -0.497 e. The second kappa shape index (κ2) is 6.39. The van der Waals surface area contributed by atoms with Crippen LogP contribution in [0.3, 0.4) is 0 Å². The van der Waals surface area contributed by atoms with Gasteiger partial charge in [-0.15, -0.1) is 0 Å². The molecule has 1 fully saturated rings. The minimum absolute atomic E-state index is 0.0158. The molecule has 1 N–H and O–H groups in total. The zero-order valence-electron chi connectivity index (χ0n) is 12.5. The average Bonchev–Trinajstić information content (AvgIpc) is 2.44. The standard InChI is InChI=1S/C15H22N2O2S/c1-10-9-13(19-4)5-6-14(10)16-15(18)17-7-8-20-12(3)11(17)2/h5-6,9,11-12H,7-8H2,1-4H3,(H,16,18). The molecular formula is C15H22N2O2S. The first-order valence-electron chi connectivity index (χ1n) is 6.86. The number of nitrogens with zero attached hydrogens (tertiary/aromatic N) is 1. The van der Waals surface area contributed by atoms with E-state index in [9.17, 15) is 4.79 Å². The van der Waals surface area contributed by atoms with Crippen molar-refractivity contribution in [2.24, 2.45) is 0 Å². The number of hydrogen-bond donors (Lipinski definition) is 1. The maximum atomic E-state index is 12.4. The van der Waals surface area contributed by atoms with Crippen LogP contribution >= 0.6 is 11.8 Å². The van der Waals surface area contributed by atoms with E-state index in [0.717, 1.165) is 29.3 Å². The number of amides is 2. The van der Waals surface area contributed by atoms with Crippen LogP contribution in [0.1, 0.15) is 19.4 Å². The molecule has 2 atom stereocenters. The SMILES string of the molecule is COc1ccc(NC(=O)N2CCSC(C)C2C)c(C)c1. The van der Waals surface area contributed by atoms with Crippen molar-refractivity contribution in [1.29, 1.82) is 0 Å². The van der Waals surface area contributed by atoms with Crippen LogP contribution in [-0.4, -0.2) is 41.6 Å². The topological polar surface area (TPSA) is 41.6 Å². The summed E-state index contributed by atoms with van der Waals surface area (Å²) in [6, 6.07) is 5.91. The minimum atomic E-state index is -0.0158. The lowest BCUT2D eigenvalue weighted by atomic mass is 10.2. The first kappa shape index (κ1) is 15.0. The summed E-state index contributed by atoms with van der Waals surface area (Å²) in [5, 5.41) is 3.48. The Kier molecular flexibility index (Phi) is 4.81. The van der Waals surface area contributed by atoms with Crippen molar-refractivity contribution >= 4 is 23.5 Å². The summed E-state index contributed by atoms with van der Waals surface area (Å²) in [7, 11) is 1.64. The van der Waals surface area contributed by atoms with Gasteiger partial charge >= 0.3 is 6.03 Å². The molecule has 0 bridgehead atoms. The molecule has 110 valence electrons. The molecule has 1 aliphatic rings. The molecule has 1 aromatic rings.